The van der Waals surface area contributed by atoms with E-state index in [1.165, 1.54) is 62.8 Å². The predicted octanol–water partition coefficient (Wildman–Crippen LogP) is 5.64. The third-order valence-electron chi connectivity index (χ3n) is 6.03. The highest BCUT2D eigenvalue weighted by molar-refractivity contribution is 8.00. The van der Waals surface area contributed by atoms with Gasteiger partial charge in [-0.15, -0.1) is 11.8 Å². The molecule has 1 unspecified atom stereocenters. The van der Waals surface area contributed by atoms with E-state index >= 15 is 0 Å². The van der Waals surface area contributed by atoms with Gasteiger partial charge in [0, 0.05) is 34.8 Å². The Balaban J connectivity index is 0.00000109. The van der Waals surface area contributed by atoms with E-state index in [2.05, 4.69) is 67.7 Å². The lowest BCUT2D eigenvalue weighted by Gasteiger charge is -2.43. The number of fused-ring (bicyclic) bond motifs is 2. The summed E-state index contributed by atoms with van der Waals surface area (Å²) in [6.45, 7) is 2.43. The number of thioether (sulfide) groups is 1. The number of hydrogen-bond donors (Lipinski definition) is 1. The minimum absolute atomic E-state index is 0.776. The smallest absolute Gasteiger partial charge is 0.0903 e. The van der Waals surface area contributed by atoms with Gasteiger partial charge in [-0.3, -0.25) is 0 Å². The van der Waals surface area contributed by atoms with Gasteiger partial charge in [-0.25, -0.2) is 0 Å². The molecule has 152 valence electrons. The van der Waals surface area contributed by atoms with Gasteiger partial charge < -0.3 is 14.5 Å². The number of para-hydroxylation sites is 1. The van der Waals surface area contributed by atoms with Crippen molar-refractivity contribution in [2.75, 3.05) is 45.5 Å². The van der Waals surface area contributed by atoms with Crippen LogP contribution in [0.2, 0.25) is 0 Å². The molecule has 0 saturated carbocycles. The van der Waals surface area contributed by atoms with Crippen LogP contribution < -0.4 is 4.90 Å². The first-order valence-corrected chi connectivity index (χ1v) is 12.1. The standard InChI is InChI=1S/C22H29N2S2.CH4O/c1-24(2)15-7-6-8-17(24)13-14-23-19-9-4-5-10-21(19)26-22-12-11-18(25-3)16-20(22)23;1-2/h4-5,9-12,16-17H,6-8,13-15H2,1-3H3;2H,1H3/q+1;. The van der Waals surface area contributed by atoms with Crippen LogP contribution >= 0.6 is 23.5 Å². The molecule has 0 aromatic heterocycles. The zero-order chi connectivity index (χ0) is 20.1. The average molecular weight is 418 g/mol. The lowest BCUT2D eigenvalue weighted by Crippen LogP contribution is -2.52. The maximum atomic E-state index is 7.00. The van der Waals surface area contributed by atoms with Crippen molar-refractivity contribution in [2.24, 2.45) is 0 Å². The maximum absolute atomic E-state index is 7.00. The molecular weight excluding hydrogens is 384 g/mol. The van der Waals surface area contributed by atoms with Crippen molar-refractivity contribution in [1.29, 1.82) is 0 Å². The maximum Gasteiger partial charge on any atom is 0.0903 e. The van der Waals surface area contributed by atoms with Gasteiger partial charge in [0.05, 0.1) is 38.1 Å². The normalized spacial score (nSPS) is 19.9. The number of nitrogens with zero attached hydrogens (tertiary/aromatic N) is 2. The summed E-state index contributed by atoms with van der Waals surface area (Å²) in [5.41, 5.74) is 2.77. The van der Waals surface area contributed by atoms with E-state index in [0.29, 0.717) is 0 Å². The summed E-state index contributed by atoms with van der Waals surface area (Å²) in [5, 5.41) is 7.00. The Bertz CT molecular complexity index is 794. The Labute approximate surface area is 178 Å². The van der Waals surface area contributed by atoms with Crippen molar-refractivity contribution in [3.63, 3.8) is 0 Å². The second kappa shape index (κ2) is 9.57. The fourth-order valence-corrected chi connectivity index (χ4v) is 5.89. The molecular formula is C23H33N2OS2+. The van der Waals surface area contributed by atoms with E-state index in [0.717, 1.165) is 19.7 Å². The van der Waals surface area contributed by atoms with Crippen LogP contribution in [0.1, 0.15) is 25.7 Å². The second-order valence-corrected chi connectivity index (χ2v) is 9.96. The van der Waals surface area contributed by atoms with E-state index in [9.17, 15) is 0 Å². The summed E-state index contributed by atoms with van der Waals surface area (Å²) in [5.74, 6) is 0. The van der Waals surface area contributed by atoms with Gasteiger partial charge in [0.1, 0.15) is 0 Å². The molecule has 0 radical (unpaired) electrons. The van der Waals surface area contributed by atoms with Gasteiger partial charge in [0.15, 0.2) is 0 Å². The monoisotopic (exact) mass is 417 g/mol. The first-order chi connectivity index (χ1) is 13.6. The Kier molecular flexibility index (Phi) is 7.37. The minimum atomic E-state index is 0.776. The fourth-order valence-electron chi connectivity index (χ4n) is 4.38. The first kappa shape index (κ1) is 21.6. The molecule has 28 heavy (non-hydrogen) atoms. The molecule has 1 N–H and O–H groups in total. The highest BCUT2D eigenvalue weighted by Crippen LogP contribution is 2.49. The molecule has 2 aromatic carbocycles. The van der Waals surface area contributed by atoms with Crippen molar-refractivity contribution in [3.8, 4) is 0 Å². The van der Waals surface area contributed by atoms with E-state index in [1.54, 1.807) is 0 Å². The van der Waals surface area contributed by atoms with Crippen LogP contribution in [-0.4, -0.2) is 56.2 Å². The van der Waals surface area contributed by atoms with Gasteiger partial charge in [-0.1, -0.05) is 23.9 Å². The van der Waals surface area contributed by atoms with Crippen LogP contribution in [0.3, 0.4) is 0 Å². The van der Waals surface area contributed by atoms with Crippen molar-refractivity contribution < 1.29 is 9.59 Å². The zero-order valence-corrected chi connectivity index (χ0v) is 19.2. The van der Waals surface area contributed by atoms with Crippen LogP contribution in [0.4, 0.5) is 11.4 Å². The topological polar surface area (TPSA) is 23.5 Å². The summed E-state index contributed by atoms with van der Waals surface area (Å²) in [4.78, 5) is 6.70. The van der Waals surface area contributed by atoms with Crippen molar-refractivity contribution in [1.82, 2.24) is 0 Å². The number of aliphatic hydroxyl groups excluding tert-OH is 1. The van der Waals surface area contributed by atoms with E-state index in [-0.39, 0.29) is 0 Å². The van der Waals surface area contributed by atoms with Crippen LogP contribution in [-0.2, 0) is 0 Å². The van der Waals surface area contributed by atoms with Crippen LogP contribution in [0.15, 0.2) is 57.2 Å². The molecule has 0 aliphatic carbocycles. The molecule has 2 aliphatic heterocycles. The summed E-state index contributed by atoms with van der Waals surface area (Å²) >= 11 is 3.74. The van der Waals surface area contributed by atoms with Gasteiger partial charge in [-0.05, 0) is 55.9 Å². The number of rotatable bonds is 4. The molecule has 1 fully saturated rings. The summed E-state index contributed by atoms with van der Waals surface area (Å²) in [6, 6.07) is 16.6. The Morgan fingerprint density at radius 3 is 2.57 bits per heavy atom. The number of likely N-dealkylation sites (tertiary alicyclic amines) is 1. The van der Waals surface area contributed by atoms with Gasteiger partial charge in [-0.2, -0.15) is 0 Å². The first-order valence-electron chi connectivity index (χ1n) is 10.1. The molecule has 1 saturated heterocycles. The predicted molar refractivity (Wildman–Crippen MR) is 123 cm³/mol. The average Bonchev–Trinajstić information content (AvgIpc) is 2.73. The fraction of sp³-hybridized carbons (Fsp3) is 0.478. The van der Waals surface area contributed by atoms with E-state index < -0.39 is 0 Å². The molecule has 5 heteroatoms. The SMILES string of the molecule is CO.CSc1ccc2c(c1)N(CCC1CCCC[N+]1(C)C)c1ccccc1S2. The lowest BCUT2D eigenvalue weighted by atomic mass is 9.97. The third kappa shape index (κ3) is 4.54. The van der Waals surface area contributed by atoms with Gasteiger partial charge in [0.2, 0.25) is 0 Å². The highest BCUT2D eigenvalue weighted by Gasteiger charge is 2.32. The molecule has 0 spiro atoms. The van der Waals surface area contributed by atoms with Crippen molar-refractivity contribution in [3.05, 3.63) is 42.5 Å². The second-order valence-electron chi connectivity index (χ2n) is 8.00. The Morgan fingerprint density at radius 1 is 1.07 bits per heavy atom. The molecule has 0 amide bonds. The summed E-state index contributed by atoms with van der Waals surface area (Å²) < 4.78 is 1.18. The molecule has 2 heterocycles. The quantitative estimate of drug-likeness (QED) is 0.514. The number of anilines is 2. The van der Waals surface area contributed by atoms with Crippen LogP contribution in [0, 0.1) is 0 Å². The third-order valence-corrected chi connectivity index (χ3v) is 7.88. The number of hydrogen-bond acceptors (Lipinski definition) is 4. The highest BCUT2D eigenvalue weighted by atomic mass is 32.2. The van der Waals surface area contributed by atoms with E-state index in [1.807, 2.05) is 23.5 Å². The lowest BCUT2D eigenvalue weighted by molar-refractivity contribution is -0.920. The molecule has 4 rings (SSSR count). The van der Waals surface area contributed by atoms with Gasteiger partial charge >= 0.3 is 0 Å². The van der Waals surface area contributed by atoms with E-state index in [4.69, 9.17) is 5.11 Å². The summed E-state index contributed by atoms with van der Waals surface area (Å²) in [7, 11) is 5.84. The van der Waals surface area contributed by atoms with Crippen LogP contribution in [0.5, 0.6) is 0 Å². The Hall–Kier alpha value is -1.14. The molecule has 2 aliphatic rings. The number of quaternary nitrogens is 1. The number of benzene rings is 2. The molecule has 2 aromatic rings. The van der Waals surface area contributed by atoms with Crippen LogP contribution in [0.25, 0.3) is 0 Å². The number of aliphatic hydroxyl groups is 1. The van der Waals surface area contributed by atoms with Crippen molar-refractivity contribution >= 4 is 34.9 Å². The summed E-state index contributed by atoms with van der Waals surface area (Å²) in [6.07, 6.45) is 7.57. The molecule has 0 bridgehead atoms. The largest absolute Gasteiger partial charge is 0.400 e. The molecule has 1 atom stereocenters. The zero-order valence-electron chi connectivity index (χ0n) is 17.5. The minimum Gasteiger partial charge on any atom is -0.400 e. The van der Waals surface area contributed by atoms with Crippen molar-refractivity contribution in [2.45, 2.75) is 46.4 Å². The number of piperidine rings is 1. The Morgan fingerprint density at radius 2 is 1.82 bits per heavy atom. The van der Waals surface area contributed by atoms with Gasteiger partial charge in [0.25, 0.3) is 0 Å². The molecule has 3 nitrogen and oxygen atoms in total.